The van der Waals surface area contributed by atoms with E-state index < -0.39 is 0 Å². The molecule has 0 saturated carbocycles. The lowest BCUT2D eigenvalue weighted by molar-refractivity contribution is 0.201. The summed E-state index contributed by atoms with van der Waals surface area (Å²) in [6, 6.07) is 5.17. The minimum Gasteiger partial charge on any atom is -0.508 e. The molecule has 0 radical (unpaired) electrons. The Labute approximate surface area is 77.6 Å². The van der Waals surface area contributed by atoms with Crippen molar-refractivity contribution in [2.45, 2.75) is 13.3 Å². The Balaban J connectivity index is 2.71. The van der Waals surface area contributed by atoms with Crippen molar-refractivity contribution >= 4 is 0 Å². The van der Waals surface area contributed by atoms with Crippen molar-refractivity contribution in [1.82, 2.24) is 0 Å². The van der Waals surface area contributed by atoms with Gasteiger partial charge in [0.25, 0.3) is 0 Å². The fraction of sp³-hybridized carbons (Fsp3) is 0.400. The second-order valence-corrected chi connectivity index (χ2v) is 2.72. The van der Waals surface area contributed by atoms with Gasteiger partial charge in [-0.25, -0.2) is 0 Å². The van der Waals surface area contributed by atoms with E-state index >= 15 is 0 Å². The zero-order chi connectivity index (χ0) is 9.68. The highest BCUT2D eigenvalue weighted by Crippen LogP contribution is 2.23. The first kappa shape index (κ1) is 9.86. The number of rotatable bonds is 4. The average molecular weight is 182 g/mol. The van der Waals surface area contributed by atoms with Crippen LogP contribution in [0.5, 0.6) is 11.5 Å². The minimum atomic E-state index is -0.0176. The molecule has 1 rings (SSSR count). The average Bonchev–Trinajstić information content (AvgIpc) is 2.15. The Morgan fingerprint density at radius 2 is 2.15 bits per heavy atom. The number of hydrogen-bond acceptors (Lipinski definition) is 3. The van der Waals surface area contributed by atoms with Crippen LogP contribution in [0.2, 0.25) is 0 Å². The number of hydrogen-bond donors (Lipinski definition) is 2. The van der Waals surface area contributed by atoms with Crippen LogP contribution in [0.15, 0.2) is 18.2 Å². The fourth-order valence-electron chi connectivity index (χ4n) is 1.10. The van der Waals surface area contributed by atoms with Crippen LogP contribution >= 0.6 is 0 Å². The molecule has 0 amide bonds. The molecule has 3 heteroatoms. The van der Waals surface area contributed by atoms with Gasteiger partial charge in [0.05, 0.1) is 6.61 Å². The molecular formula is C10H14O3. The Hall–Kier alpha value is -1.22. The van der Waals surface area contributed by atoms with Crippen molar-refractivity contribution in [3.8, 4) is 11.5 Å². The first-order valence-corrected chi connectivity index (χ1v) is 4.33. The number of aryl methyl sites for hydroxylation is 1. The highest BCUT2D eigenvalue weighted by Gasteiger charge is 2.00. The van der Waals surface area contributed by atoms with Crippen molar-refractivity contribution in [3.63, 3.8) is 0 Å². The number of aliphatic hydroxyl groups excluding tert-OH is 1. The molecule has 0 aliphatic carbocycles. The maximum Gasteiger partial charge on any atom is 0.123 e. The zero-order valence-corrected chi connectivity index (χ0v) is 7.66. The Morgan fingerprint density at radius 3 is 2.69 bits per heavy atom. The van der Waals surface area contributed by atoms with Crippen LogP contribution in [0.1, 0.15) is 12.5 Å². The maximum atomic E-state index is 9.45. The van der Waals surface area contributed by atoms with Gasteiger partial charge in [0.1, 0.15) is 18.1 Å². The Kier molecular flexibility index (Phi) is 3.58. The van der Waals surface area contributed by atoms with Gasteiger partial charge in [0, 0.05) is 6.07 Å². The van der Waals surface area contributed by atoms with Gasteiger partial charge in [0.2, 0.25) is 0 Å². The summed E-state index contributed by atoms with van der Waals surface area (Å²) in [6.07, 6.45) is 0.798. The first-order chi connectivity index (χ1) is 6.27. The second-order valence-electron chi connectivity index (χ2n) is 2.72. The molecule has 0 heterocycles. The van der Waals surface area contributed by atoms with Crippen LogP contribution in [0.4, 0.5) is 0 Å². The van der Waals surface area contributed by atoms with E-state index in [1.165, 1.54) is 0 Å². The lowest BCUT2D eigenvalue weighted by atomic mass is 10.1. The van der Waals surface area contributed by atoms with Crippen molar-refractivity contribution in [3.05, 3.63) is 23.8 Å². The summed E-state index contributed by atoms with van der Waals surface area (Å²) in [7, 11) is 0. The molecule has 13 heavy (non-hydrogen) atoms. The van der Waals surface area contributed by atoms with E-state index in [9.17, 15) is 5.11 Å². The molecule has 0 saturated heterocycles. The SMILES string of the molecule is CCc1ccc(OCCO)cc1O. The molecule has 3 nitrogen and oxygen atoms in total. The minimum absolute atomic E-state index is 0.0176. The van der Waals surface area contributed by atoms with E-state index in [0.717, 1.165) is 12.0 Å². The molecule has 0 fully saturated rings. The lowest BCUT2D eigenvalue weighted by Crippen LogP contribution is -2.01. The summed E-state index contributed by atoms with van der Waals surface area (Å²) in [6.45, 7) is 2.21. The van der Waals surface area contributed by atoms with Crippen molar-refractivity contribution in [2.75, 3.05) is 13.2 Å². The highest BCUT2D eigenvalue weighted by molar-refractivity contribution is 5.39. The number of aromatic hydroxyl groups is 1. The van der Waals surface area contributed by atoms with Gasteiger partial charge < -0.3 is 14.9 Å². The van der Waals surface area contributed by atoms with E-state index in [-0.39, 0.29) is 19.0 Å². The van der Waals surface area contributed by atoms with E-state index in [2.05, 4.69) is 0 Å². The van der Waals surface area contributed by atoms with Gasteiger partial charge >= 0.3 is 0 Å². The number of phenols is 1. The third-order valence-electron chi connectivity index (χ3n) is 1.80. The molecule has 0 spiro atoms. The van der Waals surface area contributed by atoms with Crippen molar-refractivity contribution < 1.29 is 14.9 Å². The van der Waals surface area contributed by atoms with E-state index in [1.807, 2.05) is 13.0 Å². The summed E-state index contributed by atoms with van der Waals surface area (Å²) in [5.74, 6) is 0.835. The Bertz CT molecular complexity index is 271. The summed E-state index contributed by atoms with van der Waals surface area (Å²) < 4.78 is 5.13. The van der Waals surface area contributed by atoms with Crippen LogP contribution in [-0.2, 0) is 6.42 Å². The predicted octanol–water partition coefficient (Wildman–Crippen LogP) is 1.33. The predicted molar refractivity (Wildman–Crippen MR) is 50.1 cm³/mol. The van der Waals surface area contributed by atoms with E-state index in [1.54, 1.807) is 12.1 Å². The monoisotopic (exact) mass is 182 g/mol. The number of phenolic OH excluding ortho intramolecular Hbond substituents is 1. The van der Waals surface area contributed by atoms with Gasteiger partial charge in [0.15, 0.2) is 0 Å². The maximum absolute atomic E-state index is 9.45. The number of benzene rings is 1. The normalized spacial score (nSPS) is 10.0. The number of aliphatic hydroxyl groups is 1. The van der Waals surface area contributed by atoms with Gasteiger partial charge in [-0.05, 0) is 18.1 Å². The van der Waals surface area contributed by atoms with Crippen molar-refractivity contribution in [2.24, 2.45) is 0 Å². The smallest absolute Gasteiger partial charge is 0.123 e. The molecule has 0 unspecified atom stereocenters. The molecule has 0 aliphatic rings. The summed E-state index contributed by atoms with van der Waals surface area (Å²) in [5.41, 5.74) is 0.899. The molecule has 0 aromatic heterocycles. The second kappa shape index (κ2) is 4.72. The van der Waals surface area contributed by atoms with E-state index in [0.29, 0.717) is 5.75 Å². The van der Waals surface area contributed by atoms with Gasteiger partial charge in [-0.15, -0.1) is 0 Å². The lowest BCUT2D eigenvalue weighted by Gasteiger charge is -2.06. The van der Waals surface area contributed by atoms with Crippen LogP contribution in [0, 0.1) is 0 Å². The summed E-state index contributed by atoms with van der Waals surface area (Å²) >= 11 is 0. The quantitative estimate of drug-likeness (QED) is 0.738. The first-order valence-electron chi connectivity index (χ1n) is 4.33. The summed E-state index contributed by atoms with van der Waals surface area (Å²) in [5, 5.41) is 18.0. The van der Waals surface area contributed by atoms with Gasteiger partial charge in [-0.3, -0.25) is 0 Å². The third-order valence-corrected chi connectivity index (χ3v) is 1.80. The molecular weight excluding hydrogens is 168 g/mol. The van der Waals surface area contributed by atoms with Crippen molar-refractivity contribution in [1.29, 1.82) is 0 Å². The molecule has 0 atom stereocenters. The molecule has 1 aromatic rings. The van der Waals surface area contributed by atoms with Gasteiger partial charge in [-0.2, -0.15) is 0 Å². The van der Waals surface area contributed by atoms with E-state index in [4.69, 9.17) is 9.84 Å². The Morgan fingerprint density at radius 1 is 1.38 bits per heavy atom. The molecule has 1 aromatic carbocycles. The van der Waals surface area contributed by atoms with Gasteiger partial charge in [-0.1, -0.05) is 13.0 Å². The topological polar surface area (TPSA) is 49.7 Å². The van der Waals surface area contributed by atoms with Crippen LogP contribution in [0.3, 0.4) is 0 Å². The molecule has 2 N–H and O–H groups in total. The van der Waals surface area contributed by atoms with Crippen LogP contribution < -0.4 is 4.74 Å². The van der Waals surface area contributed by atoms with Crippen LogP contribution in [0.25, 0.3) is 0 Å². The largest absolute Gasteiger partial charge is 0.508 e. The fourth-order valence-corrected chi connectivity index (χ4v) is 1.10. The molecule has 0 bridgehead atoms. The zero-order valence-electron chi connectivity index (χ0n) is 7.66. The number of ether oxygens (including phenoxy) is 1. The third kappa shape index (κ3) is 2.63. The highest BCUT2D eigenvalue weighted by atomic mass is 16.5. The molecule has 72 valence electrons. The summed E-state index contributed by atoms with van der Waals surface area (Å²) in [4.78, 5) is 0. The van der Waals surface area contributed by atoms with Crippen LogP contribution in [-0.4, -0.2) is 23.4 Å². The standard InChI is InChI=1S/C10H14O3/c1-2-8-3-4-9(7-10(8)12)13-6-5-11/h3-4,7,11-12H,2,5-6H2,1H3. The molecule has 0 aliphatic heterocycles.